The second kappa shape index (κ2) is 4.87. The summed E-state index contributed by atoms with van der Waals surface area (Å²) in [5.41, 5.74) is 6.72. The fourth-order valence-electron chi connectivity index (χ4n) is 1.90. The van der Waals surface area contributed by atoms with Gasteiger partial charge in [-0.25, -0.2) is 4.68 Å². The van der Waals surface area contributed by atoms with E-state index in [-0.39, 0.29) is 17.5 Å². The normalized spacial score (nSPS) is 12.3. The highest BCUT2D eigenvalue weighted by molar-refractivity contribution is 5.51. The van der Waals surface area contributed by atoms with Crippen molar-refractivity contribution in [3.63, 3.8) is 0 Å². The van der Waals surface area contributed by atoms with Crippen LogP contribution in [0.15, 0.2) is 36.5 Å². The van der Waals surface area contributed by atoms with E-state index in [1.165, 1.54) is 10.9 Å². The van der Waals surface area contributed by atoms with Crippen molar-refractivity contribution in [3.05, 3.63) is 52.2 Å². The van der Waals surface area contributed by atoms with Gasteiger partial charge in [0.2, 0.25) is 5.82 Å². The number of nitro groups is 1. The van der Waals surface area contributed by atoms with Crippen LogP contribution in [0.25, 0.3) is 0 Å². The molecule has 94 valence electrons. The third kappa shape index (κ3) is 2.32. The summed E-state index contributed by atoms with van der Waals surface area (Å²) in [7, 11) is 0. The van der Waals surface area contributed by atoms with Crippen LogP contribution in [-0.2, 0) is 6.42 Å². The van der Waals surface area contributed by atoms with Gasteiger partial charge in [0, 0.05) is 0 Å². The molecule has 18 heavy (non-hydrogen) atoms. The number of anilines is 1. The van der Waals surface area contributed by atoms with Crippen LogP contribution < -0.4 is 5.73 Å². The third-order valence-corrected chi connectivity index (χ3v) is 2.80. The first-order valence-corrected chi connectivity index (χ1v) is 5.61. The highest BCUT2D eigenvalue weighted by Crippen LogP contribution is 2.24. The van der Waals surface area contributed by atoms with Crippen LogP contribution in [0, 0.1) is 10.1 Å². The molecule has 0 bridgehead atoms. The maximum atomic E-state index is 10.7. The molecule has 0 radical (unpaired) electrons. The fraction of sp³-hybridized carbons (Fsp3) is 0.250. The van der Waals surface area contributed by atoms with Gasteiger partial charge in [0.25, 0.3) is 0 Å². The van der Waals surface area contributed by atoms with E-state index in [4.69, 9.17) is 5.73 Å². The summed E-state index contributed by atoms with van der Waals surface area (Å²) in [4.78, 5) is 10.2. The van der Waals surface area contributed by atoms with Gasteiger partial charge in [-0.05, 0) is 18.9 Å². The van der Waals surface area contributed by atoms with Crippen molar-refractivity contribution < 1.29 is 4.92 Å². The number of rotatable bonds is 4. The Morgan fingerprint density at radius 1 is 1.44 bits per heavy atom. The van der Waals surface area contributed by atoms with Crippen molar-refractivity contribution >= 4 is 11.5 Å². The molecule has 1 heterocycles. The lowest BCUT2D eigenvalue weighted by Crippen LogP contribution is -2.13. The molecule has 2 rings (SSSR count). The molecule has 2 aromatic rings. The Bertz CT molecular complexity index is 550. The molecule has 0 saturated heterocycles. The van der Waals surface area contributed by atoms with Gasteiger partial charge >= 0.3 is 5.69 Å². The predicted molar refractivity (Wildman–Crippen MR) is 68.2 cm³/mol. The zero-order valence-corrected chi connectivity index (χ0v) is 9.98. The maximum Gasteiger partial charge on any atom is 0.330 e. The topological polar surface area (TPSA) is 87.0 Å². The summed E-state index contributed by atoms with van der Waals surface area (Å²) >= 11 is 0. The van der Waals surface area contributed by atoms with Crippen LogP contribution >= 0.6 is 0 Å². The number of hydrogen-bond acceptors (Lipinski definition) is 4. The Balaban J connectivity index is 2.19. The molecular formula is C12H14N4O2. The highest BCUT2D eigenvalue weighted by Gasteiger charge is 2.20. The summed E-state index contributed by atoms with van der Waals surface area (Å²) in [5, 5.41) is 14.7. The molecule has 1 unspecified atom stereocenters. The van der Waals surface area contributed by atoms with Crippen LogP contribution in [0.5, 0.6) is 0 Å². The van der Waals surface area contributed by atoms with Crippen LogP contribution in [0.2, 0.25) is 0 Å². The minimum atomic E-state index is -0.520. The highest BCUT2D eigenvalue weighted by atomic mass is 16.6. The summed E-state index contributed by atoms with van der Waals surface area (Å²) in [5.74, 6) is 0.100. The predicted octanol–water partition coefficient (Wildman–Crippen LogP) is 2.18. The molecule has 0 saturated carbocycles. The maximum absolute atomic E-state index is 10.7. The van der Waals surface area contributed by atoms with Crippen LogP contribution in [0.4, 0.5) is 11.5 Å². The molecule has 6 nitrogen and oxygen atoms in total. The van der Waals surface area contributed by atoms with Gasteiger partial charge < -0.3 is 5.73 Å². The van der Waals surface area contributed by atoms with Crippen molar-refractivity contribution in [2.75, 3.05) is 5.73 Å². The first-order chi connectivity index (χ1) is 8.59. The zero-order chi connectivity index (χ0) is 13.1. The monoisotopic (exact) mass is 246 g/mol. The largest absolute Gasteiger partial charge is 0.378 e. The van der Waals surface area contributed by atoms with Crippen LogP contribution in [-0.4, -0.2) is 14.7 Å². The molecule has 0 spiro atoms. The number of benzene rings is 1. The van der Waals surface area contributed by atoms with E-state index >= 15 is 0 Å². The van der Waals surface area contributed by atoms with Gasteiger partial charge in [-0.1, -0.05) is 30.3 Å². The van der Waals surface area contributed by atoms with Crippen molar-refractivity contribution in [1.82, 2.24) is 9.78 Å². The van der Waals surface area contributed by atoms with E-state index in [2.05, 4.69) is 5.10 Å². The number of aromatic nitrogens is 2. The average molecular weight is 246 g/mol. The lowest BCUT2D eigenvalue weighted by molar-refractivity contribution is -0.384. The number of hydrogen-bond donors (Lipinski definition) is 1. The fourth-order valence-corrected chi connectivity index (χ4v) is 1.90. The van der Waals surface area contributed by atoms with E-state index in [0.29, 0.717) is 0 Å². The Kier molecular flexibility index (Phi) is 3.27. The first-order valence-electron chi connectivity index (χ1n) is 5.61. The van der Waals surface area contributed by atoms with Gasteiger partial charge in [-0.15, -0.1) is 0 Å². The van der Waals surface area contributed by atoms with Gasteiger partial charge in [0.05, 0.1) is 11.0 Å². The summed E-state index contributed by atoms with van der Waals surface area (Å²) in [6.45, 7) is 1.93. The van der Waals surface area contributed by atoms with Crippen molar-refractivity contribution in [2.45, 2.75) is 19.4 Å². The third-order valence-electron chi connectivity index (χ3n) is 2.80. The quantitative estimate of drug-likeness (QED) is 0.661. The summed E-state index contributed by atoms with van der Waals surface area (Å²) in [6, 6.07) is 9.84. The average Bonchev–Trinajstić information content (AvgIpc) is 2.72. The molecule has 2 N–H and O–H groups in total. The Morgan fingerprint density at radius 2 is 2.11 bits per heavy atom. The van der Waals surface area contributed by atoms with E-state index < -0.39 is 4.92 Å². The summed E-state index contributed by atoms with van der Waals surface area (Å²) < 4.78 is 1.49. The standard InChI is InChI=1S/C12H14N4O2/c1-9(7-10-5-3-2-4-6-10)15-12(13)11(8-14-15)16(17)18/h2-6,8-9H,7,13H2,1H3. The van der Waals surface area contributed by atoms with Crippen molar-refractivity contribution in [2.24, 2.45) is 0 Å². The molecule has 1 atom stereocenters. The Labute approximate surface area is 104 Å². The molecule has 0 amide bonds. The molecule has 0 aliphatic heterocycles. The van der Waals surface area contributed by atoms with Gasteiger partial charge in [-0.3, -0.25) is 10.1 Å². The number of nitrogens with zero attached hydrogens (tertiary/aromatic N) is 3. The van der Waals surface area contributed by atoms with Crippen LogP contribution in [0.1, 0.15) is 18.5 Å². The SMILES string of the molecule is CC(Cc1ccccc1)n1ncc([N+](=O)[O-])c1N. The van der Waals surface area contributed by atoms with Crippen LogP contribution in [0.3, 0.4) is 0 Å². The molecule has 6 heteroatoms. The molecular weight excluding hydrogens is 232 g/mol. The van der Waals surface area contributed by atoms with E-state index in [1.54, 1.807) is 0 Å². The molecule has 0 fully saturated rings. The Morgan fingerprint density at radius 3 is 2.67 bits per heavy atom. The first kappa shape index (κ1) is 12.1. The number of nitrogen functional groups attached to an aromatic ring is 1. The van der Waals surface area contributed by atoms with Gasteiger partial charge in [0.1, 0.15) is 6.20 Å². The smallest absolute Gasteiger partial charge is 0.330 e. The molecule has 1 aromatic carbocycles. The number of nitrogens with two attached hydrogens (primary N) is 1. The Hall–Kier alpha value is -2.37. The zero-order valence-electron chi connectivity index (χ0n) is 9.98. The van der Waals surface area contributed by atoms with Crippen molar-refractivity contribution in [1.29, 1.82) is 0 Å². The van der Waals surface area contributed by atoms with E-state index in [1.807, 2.05) is 37.3 Å². The summed E-state index contributed by atoms with van der Waals surface area (Å²) in [6.07, 6.45) is 1.92. The molecule has 0 aliphatic rings. The molecule has 1 aromatic heterocycles. The van der Waals surface area contributed by atoms with E-state index in [0.717, 1.165) is 12.0 Å². The van der Waals surface area contributed by atoms with Gasteiger partial charge in [0.15, 0.2) is 0 Å². The lowest BCUT2D eigenvalue weighted by atomic mass is 10.1. The second-order valence-corrected chi connectivity index (χ2v) is 4.16. The minimum absolute atomic E-state index is 0.0268. The van der Waals surface area contributed by atoms with Gasteiger partial charge in [-0.2, -0.15) is 5.10 Å². The molecule has 0 aliphatic carbocycles. The lowest BCUT2D eigenvalue weighted by Gasteiger charge is -2.13. The van der Waals surface area contributed by atoms with Crippen molar-refractivity contribution in [3.8, 4) is 0 Å². The van der Waals surface area contributed by atoms with E-state index in [9.17, 15) is 10.1 Å². The second-order valence-electron chi connectivity index (χ2n) is 4.16. The minimum Gasteiger partial charge on any atom is -0.378 e.